The van der Waals surface area contributed by atoms with Crippen LogP contribution < -0.4 is 5.32 Å². The number of nitrogens with zero attached hydrogens (tertiary/aromatic N) is 1. The van der Waals surface area contributed by atoms with E-state index in [2.05, 4.69) is 17.1 Å². The fourth-order valence-electron chi connectivity index (χ4n) is 2.77. The summed E-state index contributed by atoms with van der Waals surface area (Å²) in [5.74, 6) is -0.267. The van der Waals surface area contributed by atoms with Gasteiger partial charge < -0.3 is 14.8 Å². The standard InChI is InChI=1S/C17H30N2O3/c1-7-15(17(20)22-12(2)3)13(4)16(18-6)14(5)19-8-10-21-11-9-19/h7,12,14,18H,8-11H2,1-6H3/b15-7+,16-13-. The number of esters is 1. The number of nitrogens with one attached hydrogen (secondary N) is 1. The van der Waals surface area contributed by atoms with Crippen molar-refractivity contribution in [3.05, 3.63) is 22.9 Å². The normalized spacial score (nSPS) is 19.7. The van der Waals surface area contributed by atoms with E-state index in [4.69, 9.17) is 9.47 Å². The van der Waals surface area contributed by atoms with Gasteiger partial charge in [0.2, 0.25) is 0 Å². The molecule has 0 spiro atoms. The molecule has 22 heavy (non-hydrogen) atoms. The van der Waals surface area contributed by atoms with Gasteiger partial charge in [0.15, 0.2) is 0 Å². The average Bonchev–Trinajstić information content (AvgIpc) is 2.48. The Morgan fingerprint density at radius 1 is 1.27 bits per heavy atom. The van der Waals surface area contributed by atoms with Crippen molar-refractivity contribution in [2.45, 2.75) is 46.8 Å². The molecule has 1 atom stereocenters. The number of morpholine rings is 1. The van der Waals surface area contributed by atoms with Crippen molar-refractivity contribution in [3.8, 4) is 0 Å². The molecule has 0 amide bonds. The highest BCUT2D eigenvalue weighted by atomic mass is 16.5. The SMILES string of the molecule is C/C=C(C(=O)OC(C)C)\C(C)=C(/NC)C(C)N1CCOCC1. The van der Waals surface area contributed by atoms with E-state index in [1.807, 2.05) is 40.8 Å². The minimum atomic E-state index is -0.267. The summed E-state index contributed by atoms with van der Waals surface area (Å²) in [7, 11) is 1.90. The molecule has 0 aliphatic carbocycles. The molecule has 0 aromatic carbocycles. The smallest absolute Gasteiger partial charge is 0.338 e. The van der Waals surface area contributed by atoms with E-state index in [0.29, 0.717) is 5.57 Å². The summed E-state index contributed by atoms with van der Waals surface area (Å²) in [6.45, 7) is 13.0. The Kier molecular flexibility index (Phi) is 7.62. The first-order valence-corrected chi connectivity index (χ1v) is 8.00. The molecule has 0 bridgehead atoms. The summed E-state index contributed by atoms with van der Waals surface area (Å²) < 4.78 is 10.8. The highest BCUT2D eigenvalue weighted by Crippen LogP contribution is 2.21. The number of ether oxygens (including phenoxy) is 2. The lowest BCUT2D eigenvalue weighted by molar-refractivity contribution is -0.142. The number of hydrogen-bond donors (Lipinski definition) is 1. The van der Waals surface area contributed by atoms with Gasteiger partial charge in [-0.05, 0) is 40.2 Å². The van der Waals surface area contributed by atoms with Gasteiger partial charge in [0.05, 0.1) is 24.9 Å². The van der Waals surface area contributed by atoms with Gasteiger partial charge in [-0.25, -0.2) is 4.79 Å². The van der Waals surface area contributed by atoms with Crippen LogP contribution in [0.3, 0.4) is 0 Å². The van der Waals surface area contributed by atoms with Crippen LogP contribution in [0.4, 0.5) is 0 Å². The van der Waals surface area contributed by atoms with Crippen LogP contribution in [0.15, 0.2) is 22.9 Å². The van der Waals surface area contributed by atoms with Crippen LogP contribution in [-0.4, -0.2) is 56.4 Å². The number of rotatable bonds is 6. The number of hydrogen-bond acceptors (Lipinski definition) is 5. The maximum atomic E-state index is 12.3. The van der Waals surface area contributed by atoms with Crippen molar-refractivity contribution in [1.82, 2.24) is 10.2 Å². The van der Waals surface area contributed by atoms with E-state index in [-0.39, 0.29) is 18.1 Å². The van der Waals surface area contributed by atoms with Crippen LogP contribution in [0.5, 0.6) is 0 Å². The zero-order chi connectivity index (χ0) is 16.7. The molecular weight excluding hydrogens is 280 g/mol. The van der Waals surface area contributed by atoms with Crippen molar-refractivity contribution < 1.29 is 14.3 Å². The summed E-state index contributed by atoms with van der Waals surface area (Å²) in [5, 5.41) is 3.27. The zero-order valence-electron chi connectivity index (χ0n) is 14.7. The van der Waals surface area contributed by atoms with Gasteiger partial charge >= 0.3 is 5.97 Å². The van der Waals surface area contributed by atoms with Crippen LogP contribution in [0.2, 0.25) is 0 Å². The number of likely N-dealkylation sites (N-methyl/N-ethyl adjacent to an activating group) is 1. The maximum Gasteiger partial charge on any atom is 0.338 e. The molecule has 0 aromatic rings. The molecule has 1 unspecified atom stereocenters. The second-order valence-electron chi connectivity index (χ2n) is 5.77. The molecule has 1 saturated heterocycles. The van der Waals surface area contributed by atoms with Crippen LogP contribution in [0.1, 0.15) is 34.6 Å². The van der Waals surface area contributed by atoms with E-state index in [1.54, 1.807) is 0 Å². The fourth-order valence-corrected chi connectivity index (χ4v) is 2.77. The second-order valence-corrected chi connectivity index (χ2v) is 5.77. The molecule has 1 fully saturated rings. The average molecular weight is 310 g/mol. The van der Waals surface area contributed by atoms with Gasteiger partial charge in [0.25, 0.3) is 0 Å². The van der Waals surface area contributed by atoms with Crippen LogP contribution in [-0.2, 0) is 14.3 Å². The van der Waals surface area contributed by atoms with Gasteiger partial charge in [-0.1, -0.05) is 6.08 Å². The third-order valence-electron chi connectivity index (χ3n) is 3.94. The molecule has 1 heterocycles. The highest BCUT2D eigenvalue weighted by Gasteiger charge is 2.24. The minimum absolute atomic E-state index is 0.120. The predicted octanol–water partition coefficient (Wildman–Crippen LogP) is 2.10. The molecule has 0 aromatic heterocycles. The maximum absolute atomic E-state index is 12.3. The van der Waals surface area contributed by atoms with Gasteiger partial charge in [-0.3, -0.25) is 4.90 Å². The first-order chi connectivity index (χ1) is 10.4. The van der Waals surface area contributed by atoms with Crippen LogP contribution >= 0.6 is 0 Å². The summed E-state index contributed by atoms with van der Waals surface area (Å²) >= 11 is 0. The van der Waals surface area contributed by atoms with Crippen molar-refractivity contribution in [2.24, 2.45) is 0 Å². The molecule has 126 valence electrons. The van der Waals surface area contributed by atoms with Crippen molar-refractivity contribution in [2.75, 3.05) is 33.4 Å². The Hall–Kier alpha value is -1.33. The second kappa shape index (κ2) is 8.96. The summed E-state index contributed by atoms with van der Waals surface area (Å²) in [4.78, 5) is 14.6. The third kappa shape index (κ3) is 4.85. The highest BCUT2D eigenvalue weighted by molar-refractivity contribution is 5.93. The quantitative estimate of drug-likeness (QED) is 0.462. The Morgan fingerprint density at radius 3 is 2.32 bits per heavy atom. The Morgan fingerprint density at radius 2 is 1.86 bits per heavy atom. The third-order valence-corrected chi connectivity index (χ3v) is 3.94. The van der Waals surface area contributed by atoms with Crippen molar-refractivity contribution >= 4 is 5.97 Å². The lowest BCUT2D eigenvalue weighted by atomic mass is 10.0. The van der Waals surface area contributed by atoms with Crippen LogP contribution in [0, 0.1) is 0 Å². The molecule has 1 rings (SSSR count). The van der Waals surface area contributed by atoms with E-state index < -0.39 is 0 Å². The van der Waals surface area contributed by atoms with E-state index in [1.165, 1.54) is 0 Å². The number of carbonyl (C=O) groups is 1. The topological polar surface area (TPSA) is 50.8 Å². The summed E-state index contributed by atoms with van der Waals surface area (Å²) in [6, 6.07) is 0.204. The van der Waals surface area contributed by atoms with Gasteiger partial charge in [-0.2, -0.15) is 0 Å². The monoisotopic (exact) mass is 310 g/mol. The number of allylic oxidation sites excluding steroid dienone is 1. The van der Waals surface area contributed by atoms with Crippen molar-refractivity contribution in [3.63, 3.8) is 0 Å². The zero-order valence-corrected chi connectivity index (χ0v) is 14.7. The van der Waals surface area contributed by atoms with E-state index in [9.17, 15) is 4.79 Å². The lowest BCUT2D eigenvalue weighted by Crippen LogP contribution is -2.45. The van der Waals surface area contributed by atoms with Gasteiger partial charge in [0.1, 0.15) is 0 Å². The molecule has 1 aliphatic heterocycles. The molecule has 5 heteroatoms. The summed E-state index contributed by atoms with van der Waals surface area (Å²) in [6.07, 6.45) is 1.70. The minimum Gasteiger partial charge on any atom is -0.459 e. The predicted molar refractivity (Wildman–Crippen MR) is 88.6 cm³/mol. The van der Waals surface area contributed by atoms with E-state index in [0.717, 1.165) is 37.6 Å². The lowest BCUT2D eigenvalue weighted by Gasteiger charge is -2.34. The first-order valence-electron chi connectivity index (χ1n) is 8.00. The molecule has 1 aliphatic rings. The molecule has 0 radical (unpaired) electrons. The van der Waals surface area contributed by atoms with Crippen LogP contribution in [0.25, 0.3) is 0 Å². The Balaban J connectivity index is 3.00. The largest absolute Gasteiger partial charge is 0.459 e. The van der Waals surface area contributed by atoms with Crippen molar-refractivity contribution in [1.29, 1.82) is 0 Å². The first kappa shape index (κ1) is 18.7. The Labute approximate surface area is 134 Å². The Bertz CT molecular complexity index is 435. The molecule has 5 nitrogen and oxygen atoms in total. The van der Waals surface area contributed by atoms with Gasteiger partial charge in [-0.15, -0.1) is 0 Å². The molecular formula is C17H30N2O3. The van der Waals surface area contributed by atoms with E-state index >= 15 is 0 Å². The van der Waals surface area contributed by atoms with Gasteiger partial charge in [0, 0.05) is 31.9 Å². The fraction of sp³-hybridized carbons (Fsp3) is 0.706. The number of carbonyl (C=O) groups excluding carboxylic acids is 1. The summed E-state index contributed by atoms with van der Waals surface area (Å²) in [5.41, 5.74) is 2.61. The molecule has 0 saturated carbocycles. The molecule has 1 N–H and O–H groups in total.